The van der Waals surface area contributed by atoms with Gasteiger partial charge in [-0.3, -0.25) is 9.80 Å². The van der Waals surface area contributed by atoms with Gasteiger partial charge in [0.05, 0.1) is 0 Å². The Morgan fingerprint density at radius 1 is 1.13 bits per heavy atom. The Labute approximate surface area is 141 Å². The van der Waals surface area contributed by atoms with Crippen molar-refractivity contribution in [2.75, 3.05) is 32.7 Å². The maximum absolute atomic E-state index is 12.0. The van der Waals surface area contributed by atoms with Crippen molar-refractivity contribution in [1.82, 2.24) is 15.1 Å². The molecule has 3 N–H and O–H groups in total. The van der Waals surface area contributed by atoms with Crippen molar-refractivity contribution in [2.45, 2.75) is 71.7 Å². The van der Waals surface area contributed by atoms with Gasteiger partial charge in [-0.1, -0.05) is 0 Å². The van der Waals surface area contributed by atoms with E-state index in [-0.39, 0.29) is 23.7 Å². The fourth-order valence-corrected chi connectivity index (χ4v) is 2.98. The highest BCUT2D eigenvalue weighted by molar-refractivity contribution is 5.68. The van der Waals surface area contributed by atoms with Crippen LogP contribution in [0.2, 0.25) is 0 Å². The summed E-state index contributed by atoms with van der Waals surface area (Å²) >= 11 is 0. The Morgan fingerprint density at radius 2 is 1.65 bits per heavy atom. The van der Waals surface area contributed by atoms with Crippen LogP contribution in [0.4, 0.5) is 4.79 Å². The smallest absolute Gasteiger partial charge is 0.407 e. The van der Waals surface area contributed by atoms with Crippen LogP contribution < -0.4 is 11.1 Å². The van der Waals surface area contributed by atoms with Gasteiger partial charge in [-0.25, -0.2) is 4.79 Å². The summed E-state index contributed by atoms with van der Waals surface area (Å²) in [4.78, 5) is 16.8. The molecular formula is C17H36N4O2. The van der Waals surface area contributed by atoms with Crippen LogP contribution in [0.1, 0.15) is 48.5 Å². The molecular weight excluding hydrogens is 292 g/mol. The summed E-state index contributed by atoms with van der Waals surface area (Å²) in [6.07, 6.45) is -0.378. The number of carbonyl (C=O) groups is 1. The number of carbonyl (C=O) groups excluding carboxylic acids is 1. The number of alkyl carbamates (subject to hydrolysis) is 1. The molecule has 0 saturated carbocycles. The monoisotopic (exact) mass is 328 g/mol. The van der Waals surface area contributed by atoms with E-state index >= 15 is 0 Å². The Morgan fingerprint density at radius 3 is 2.04 bits per heavy atom. The zero-order valence-corrected chi connectivity index (χ0v) is 16.0. The number of amides is 1. The minimum atomic E-state index is -0.486. The van der Waals surface area contributed by atoms with Crippen LogP contribution in [0, 0.1) is 0 Å². The SMILES string of the molecule is CC(NC(=O)OC(C)(C)C)C(CN)N1CCN(C(C)(C)C)CC1. The van der Waals surface area contributed by atoms with E-state index < -0.39 is 5.60 Å². The topological polar surface area (TPSA) is 70.8 Å². The second-order valence-electron chi connectivity index (χ2n) is 8.43. The van der Waals surface area contributed by atoms with E-state index in [4.69, 9.17) is 10.5 Å². The lowest BCUT2D eigenvalue weighted by atomic mass is 10.0. The number of ether oxygens (including phenoxy) is 1. The molecule has 0 bridgehead atoms. The van der Waals surface area contributed by atoms with E-state index in [1.807, 2.05) is 27.7 Å². The highest BCUT2D eigenvalue weighted by Crippen LogP contribution is 2.18. The first-order valence-corrected chi connectivity index (χ1v) is 8.62. The molecule has 0 aromatic carbocycles. The summed E-state index contributed by atoms with van der Waals surface area (Å²) in [5, 5.41) is 2.93. The molecule has 6 nitrogen and oxygen atoms in total. The summed E-state index contributed by atoms with van der Waals surface area (Å²) < 4.78 is 5.33. The second-order valence-corrected chi connectivity index (χ2v) is 8.43. The van der Waals surface area contributed by atoms with Gasteiger partial charge in [0, 0.05) is 50.3 Å². The first kappa shape index (κ1) is 20.2. The van der Waals surface area contributed by atoms with E-state index in [0.717, 1.165) is 26.2 Å². The molecule has 1 aliphatic rings. The van der Waals surface area contributed by atoms with E-state index in [2.05, 4.69) is 35.9 Å². The zero-order chi connectivity index (χ0) is 17.8. The highest BCUT2D eigenvalue weighted by atomic mass is 16.6. The summed E-state index contributed by atoms with van der Waals surface area (Å²) in [6.45, 7) is 18.8. The molecule has 0 aromatic rings. The van der Waals surface area contributed by atoms with Crippen molar-refractivity contribution in [2.24, 2.45) is 5.73 Å². The molecule has 2 unspecified atom stereocenters. The molecule has 2 atom stereocenters. The number of nitrogens with two attached hydrogens (primary N) is 1. The largest absolute Gasteiger partial charge is 0.444 e. The number of hydrogen-bond donors (Lipinski definition) is 2. The number of piperazine rings is 1. The van der Waals surface area contributed by atoms with Crippen molar-refractivity contribution in [3.8, 4) is 0 Å². The van der Waals surface area contributed by atoms with Crippen molar-refractivity contribution in [3.63, 3.8) is 0 Å². The number of hydrogen-bond acceptors (Lipinski definition) is 5. The van der Waals surface area contributed by atoms with E-state index in [1.54, 1.807) is 0 Å². The first-order chi connectivity index (χ1) is 10.4. The van der Waals surface area contributed by atoms with Crippen LogP contribution in [0.5, 0.6) is 0 Å². The Kier molecular flexibility index (Phi) is 6.86. The molecule has 1 fully saturated rings. The van der Waals surface area contributed by atoms with Crippen molar-refractivity contribution in [1.29, 1.82) is 0 Å². The lowest BCUT2D eigenvalue weighted by molar-refractivity contribution is 0.0287. The maximum Gasteiger partial charge on any atom is 0.407 e. The van der Waals surface area contributed by atoms with Gasteiger partial charge in [-0.15, -0.1) is 0 Å². The predicted octanol–water partition coefficient (Wildman–Crippen LogP) is 1.64. The fraction of sp³-hybridized carbons (Fsp3) is 0.941. The van der Waals surface area contributed by atoms with Gasteiger partial charge in [0.1, 0.15) is 5.60 Å². The van der Waals surface area contributed by atoms with E-state index in [1.165, 1.54) is 0 Å². The molecule has 1 rings (SSSR count). The molecule has 0 aliphatic carbocycles. The first-order valence-electron chi connectivity index (χ1n) is 8.62. The van der Waals surface area contributed by atoms with Crippen LogP contribution in [-0.2, 0) is 4.74 Å². The average Bonchev–Trinajstić information content (AvgIpc) is 2.36. The summed E-state index contributed by atoms with van der Waals surface area (Å²) in [7, 11) is 0. The quantitative estimate of drug-likeness (QED) is 0.821. The third kappa shape index (κ3) is 6.65. The minimum absolute atomic E-state index is 0.0453. The Balaban J connectivity index is 2.55. The molecule has 1 aliphatic heterocycles. The number of nitrogens with zero attached hydrogens (tertiary/aromatic N) is 2. The van der Waals surface area contributed by atoms with Crippen molar-refractivity contribution < 1.29 is 9.53 Å². The lowest BCUT2D eigenvalue weighted by Crippen LogP contribution is -2.61. The van der Waals surface area contributed by atoms with Crippen LogP contribution >= 0.6 is 0 Å². The van der Waals surface area contributed by atoms with Crippen LogP contribution in [0.3, 0.4) is 0 Å². The highest BCUT2D eigenvalue weighted by Gasteiger charge is 2.31. The maximum atomic E-state index is 12.0. The van der Waals surface area contributed by atoms with Gasteiger partial charge in [0.25, 0.3) is 0 Å². The van der Waals surface area contributed by atoms with E-state index in [0.29, 0.717) is 6.54 Å². The molecule has 1 saturated heterocycles. The fourth-order valence-electron chi connectivity index (χ4n) is 2.98. The molecule has 23 heavy (non-hydrogen) atoms. The van der Waals surface area contributed by atoms with Gasteiger partial charge in [0.15, 0.2) is 0 Å². The Hall–Kier alpha value is -0.850. The molecule has 136 valence electrons. The third-order valence-corrected chi connectivity index (χ3v) is 4.30. The number of rotatable bonds is 4. The van der Waals surface area contributed by atoms with Gasteiger partial charge in [-0.2, -0.15) is 0 Å². The van der Waals surface area contributed by atoms with Crippen molar-refractivity contribution >= 4 is 6.09 Å². The van der Waals surface area contributed by atoms with Crippen LogP contribution in [0.15, 0.2) is 0 Å². The van der Waals surface area contributed by atoms with Crippen LogP contribution in [0.25, 0.3) is 0 Å². The van der Waals surface area contributed by atoms with Gasteiger partial charge in [-0.05, 0) is 48.5 Å². The molecule has 0 radical (unpaired) electrons. The summed E-state index contributed by atoms with van der Waals surface area (Å²) in [6, 6.07) is 0.0840. The Bertz CT molecular complexity index is 379. The van der Waals surface area contributed by atoms with Gasteiger partial charge < -0.3 is 15.8 Å². The van der Waals surface area contributed by atoms with Crippen LogP contribution in [-0.4, -0.2) is 71.8 Å². The lowest BCUT2D eigenvalue weighted by Gasteiger charge is -2.45. The molecule has 0 aromatic heterocycles. The van der Waals surface area contributed by atoms with Gasteiger partial charge >= 0.3 is 6.09 Å². The molecule has 1 amide bonds. The van der Waals surface area contributed by atoms with E-state index in [9.17, 15) is 4.79 Å². The predicted molar refractivity (Wildman–Crippen MR) is 94.6 cm³/mol. The van der Waals surface area contributed by atoms with Gasteiger partial charge in [0.2, 0.25) is 0 Å². The zero-order valence-electron chi connectivity index (χ0n) is 16.0. The molecule has 1 heterocycles. The van der Waals surface area contributed by atoms with Crippen molar-refractivity contribution in [3.05, 3.63) is 0 Å². The molecule has 0 spiro atoms. The summed E-state index contributed by atoms with van der Waals surface area (Å²) in [5.41, 5.74) is 5.69. The standard InChI is InChI=1S/C17H36N4O2/c1-13(19-15(22)23-17(5,6)7)14(12-18)20-8-10-21(11-9-20)16(2,3)4/h13-14H,8-12,18H2,1-7H3,(H,19,22). The minimum Gasteiger partial charge on any atom is -0.444 e. The number of nitrogens with one attached hydrogen (secondary N) is 1. The molecule has 6 heteroatoms. The normalized spacial score (nSPS) is 20.9. The average molecular weight is 329 g/mol. The summed E-state index contributed by atoms with van der Waals surface area (Å²) in [5.74, 6) is 0. The second kappa shape index (κ2) is 7.81. The third-order valence-electron chi connectivity index (χ3n) is 4.30.